The maximum atomic E-state index is 12.9. The Morgan fingerprint density at radius 2 is 1.90 bits per heavy atom. The van der Waals surface area contributed by atoms with E-state index in [1.165, 1.54) is 0 Å². The Hall–Kier alpha value is -2.80. The highest BCUT2D eigenvalue weighted by molar-refractivity contribution is 5.76. The smallest absolute Gasteiger partial charge is 0.223 e. The van der Waals surface area contributed by atoms with Gasteiger partial charge in [0.05, 0.1) is 18.6 Å². The second-order valence-corrected chi connectivity index (χ2v) is 7.91. The van der Waals surface area contributed by atoms with E-state index in [-0.39, 0.29) is 11.9 Å². The van der Waals surface area contributed by atoms with Crippen molar-refractivity contribution in [3.63, 3.8) is 0 Å². The van der Waals surface area contributed by atoms with E-state index in [1.54, 1.807) is 7.11 Å². The lowest BCUT2D eigenvalue weighted by Crippen LogP contribution is -2.44. The van der Waals surface area contributed by atoms with Crippen LogP contribution in [0.4, 0.5) is 0 Å². The number of carbonyl (C=O) groups is 1. The molecule has 4 nitrogen and oxygen atoms in total. The number of hydrogen-bond acceptors (Lipinski definition) is 3. The van der Waals surface area contributed by atoms with Crippen LogP contribution in [0.5, 0.6) is 5.75 Å². The van der Waals surface area contributed by atoms with Crippen LogP contribution in [-0.4, -0.2) is 24.0 Å². The van der Waals surface area contributed by atoms with Gasteiger partial charge in [-0.05, 0) is 55.4 Å². The Kier molecular flexibility index (Phi) is 6.93. The molecule has 29 heavy (non-hydrogen) atoms. The van der Waals surface area contributed by atoms with Crippen molar-refractivity contribution in [2.45, 2.75) is 63.5 Å². The second kappa shape index (κ2) is 9.60. The van der Waals surface area contributed by atoms with E-state index in [9.17, 15) is 10.1 Å². The zero-order valence-electron chi connectivity index (χ0n) is 17.4. The lowest BCUT2D eigenvalue weighted by Gasteiger charge is -2.40. The molecule has 0 spiro atoms. The Morgan fingerprint density at radius 3 is 2.52 bits per heavy atom. The van der Waals surface area contributed by atoms with Gasteiger partial charge in [-0.25, -0.2) is 0 Å². The van der Waals surface area contributed by atoms with Crippen LogP contribution in [0, 0.1) is 11.3 Å². The van der Waals surface area contributed by atoms with Crippen LogP contribution < -0.4 is 4.74 Å². The highest BCUT2D eigenvalue weighted by Gasteiger charge is 2.39. The van der Waals surface area contributed by atoms with Crippen LogP contribution in [0.2, 0.25) is 0 Å². The van der Waals surface area contributed by atoms with Gasteiger partial charge in [0, 0.05) is 19.0 Å². The molecule has 0 aromatic heterocycles. The predicted octanol–water partition coefficient (Wildman–Crippen LogP) is 5.23. The summed E-state index contributed by atoms with van der Waals surface area (Å²) in [4.78, 5) is 14.9. The van der Waals surface area contributed by atoms with E-state index < -0.39 is 5.41 Å². The maximum Gasteiger partial charge on any atom is 0.223 e. The number of methoxy groups -OCH3 is 1. The van der Waals surface area contributed by atoms with Gasteiger partial charge >= 0.3 is 0 Å². The molecule has 1 saturated carbocycles. The number of rotatable bonds is 7. The maximum absolute atomic E-state index is 12.9. The fraction of sp³-hybridized carbons (Fsp3) is 0.440. The first kappa shape index (κ1) is 20.9. The van der Waals surface area contributed by atoms with Gasteiger partial charge in [0.15, 0.2) is 0 Å². The summed E-state index contributed by atoms with van der Waals surface area (Å²) >= 11 is 0. The first-order valence-corrected chi connectivity index (χ1v) is 10.5. The fourth-order valence-corrected chi connectivity index (χ4v) is 4.35. The Morgan fingerprint density at radius 1 is 1.17 bits per heavy atom. The van der Waals surface area contributed by atoms with Gasteiger partial charge in [-0.1, -0.05) is 49.4 Å². The van der Waals surface area contributed by atoms with Crippen molar-refractivity contribution in [2.24, 2.45) is 0 Å². The average molecular weight is 391 g/mol. The fourth-order valence-electron chi connectivity index (χ4n) is 4.35. The average Bonchev–Trinajstić information content (AvgIpc) is 2.78. The minimum atomic E-state index is -0.503. The summed E-state index contributed by atoms with van der Waals surface area (Å²) in [5.41, 5.74) is 1.67. The summed E-state index contributed by atoms with van der Waals surface area (Å²) in [5, 5.41) is 10.0. The van der Waals surface area contributed by atoms with Gasteiger partial charge in [-0.3, -0.25) is 4.79 Å². The molecule has 2 aromatic rings. The standard InChI is InChI=1S/C25H30N2O2/c1-3-8-24(28)27(18-20-9-5-4-6-10-20)22-13-15-25(19-26,16-14-22)21-11-7-12-23(17-21)29-2/h4-7,9-12,17,22H,3,8,13-16,18H2,1-2H3/t22-,25+. The number of benzene rings is 2. The summed E-state index contributed by atoms with van der Waals surface area (Å²) in [5.74, 6) is 0.996. The molecule has 0 heterocycles. The van der Waals surface area contributed by atoms with Gasteiger partial charge in [-0.15, -0.1) is 0 Å². The van der Waals surface area contributed by atoms with Gasteiger partial charge in [0.2, 0.25) is 5.91 Å². The molecule has 2 aromatic carbocycles. The first-order chi connectivity index (χ1) is 14.1. The molecule has 1 aliphatic rings. The molecule has 0 aliphatic heterocycles. The van der Waals surface area contributed by atoms with E-state index in [4.69, 9.17) is 4.74 Å². The molecule has 0 radical (unpaired) electrons. The van der Waals surface area contributed by atoms with E-state index in [1.807, 2.05) is 54.3 Å². The molecule has 4 heteroatoms. The van der Waals surface area contributed by atoms with Gasteiger partial charge in [0.25, 0.3) is 0 Å². The van der Waals surface area contributed by atoms with Gasteiger partial charge in [0.1, 0.15) is 5.75 Å². The number of ether oxygens (including phenoxy) is 1. The third-order valence-corrected chi connectivity index (χ3v) is 6.07. The quantitative estimate of drug-likeness (QED) is 0.651. The number of hydrogen-bond donors (Lipinski definition) is 0. The summed E-state index contributed by atoms with van der Waals surface area (Å²) in [6.45, 7) is 2.69. The molecule has 1 aliphatic carbocycles. The van der Waals surface area contributed by atoms with E-state index >= 15 is 0 Å². The second-order valence-electron chi connectivity index (χ2n) is 7.91. The van der Waals surface area contributed by atoms with Crippen LogP contribution in [0.1, 0.15) is 56.6 Å². The zero-order valence-corrected chi connectivity index (χ0v) is 17.4. The van der Waals surface area contributed by atoms with Gasteiger partial charge < -0.3 is 9.64 Å². The number of nitrogens with zero attached hydrogens (tertiary/aromatic N) is 2. The monoisotopic (exact) mass is 390 g/mol. The number of nitriles is 1. The lowest BCUT2D eigenvalue weighted by atomic mass is 9.69. The van der Waals surface area contributed by atoms with Crippen LogP contribution >= 0.6 is 0 Å². The van der Waals surface area contributed by atoms with Crippen molar-refractivity contribution < 1.29 is 9.53 Å². The molecule has 3 rings (SSSR count). The van der Waals surface area contributed by atoms with Crippen molar-refractivity contribution in [1.82, 2.24) is 4.90 Å². The van der Waals surface area contributed by atoms with Crippen LogP contribution in [-0.2, 0) is 16.8 Å². The van der Waals surface area contributed by atoms with Gasteiger partial charge in [-0.2, -0.15) is 5.26 Å². The van der Waals surface area contributed by atoms with E-state index in [2.05, 4.69) is 18.2 Å². The largest absolute Gasteiger partial charge is 0.497 e. The number of carbonyl (C=O) groups excluding carboxylic acids is 1. The first-order valence-electron chi connectivity index (χ1n) is 10.5. The Bertz CT molecular complexity index is 849. The third-order valence-electron chi connectivity index (χ3n) is 6.07. The summed E-state index contributed by atoms with van der Waals surface area (Å²) < 4.78 is 5.36. The highest BCUT2D eigenvalue weighted by atomic mass is 16.5. The molecule has 0 saturated heterocycles. The molecule has 1 fully saturated rings. The molecular weight excluding hydrogens is 360 g/mol. The SMILES string of the molecule is CCCC(=O)N(Cc1ccccc1)[C@H]1CC[C@@](C#N)(c2cccc(OC)c2)CC1. The minimum absolute atomic E-state index is 0.182. The summed E-state index contributed by atoms with van der Waals surface area (Å²) in [6, 6.07) is 20.8. The zero-order chi connectivity index (χ0) is 20.7. The number of amides is 1. The molecule has 0 bridgehead atoms. The molecular formula is C25H30N2O2. The minimum Gasteiger partial charge on any atom is -0.497 e. The topological polar surface area (TPSA) is 53.3 Å². The molecule has 0 unspecified atom stereocenters. The van der Waals surface area contributed by atoms with Crippen molar-refractivity contribution in [3.05, 3.63) is 65.7 Å². The molecule has 0 N–H and O–H groups in total. The normalized spacial score (nSPS) is 21.2. The summed E-state index contributed by atoms with van der Waals surface area (Å²) in [7, 11) is 1.65. The molecule has 0 atom stereocenters. The van der Waals surface area contributed by atoms with Crippen molar-refractivity contribution in [1.29, 1.82) is 5.26 Å². The van der Waals surface area contributed by atoms with E-state index in [0.29, 0.717) is 13.0 Å². The van der Waals surface area contributed by atoms with Crippen molar-refractivity contribution in [3.8, 4) is 11.8 Å². The Balaban J connectivity index is 1.77. The summed E-state index contributed by atoms with van der Waals surface area (Å²) in [6.07, 6.45) is 4.61. The molecule has 152 valence electrons. The van der Waals surface area contributed by atoms with E-state index in [0.717, 1.165) is 49.0 Å². The predicted molar refractivity (Wildman–Crippen MR) is 114 cm³/mol. The lowest BCUT2D eigenvalue weighted by molar-refractivity contribution is -0.135. The van der Waals surface area contributed by atoms with Crippen LogP contribution in [0.25, 0.3) is 0 Å². The van der Waals surface area contributed by atoms with Crippen LogP contribution in [0.15, 0.2) is 54.6 Å². The highest BCUT2D eigenvalue weighted by Crippen LogP contribution is 2.41. The van der Waals surface area contributed by atoms with Crippen LogP contribution in [0.3, 0.4) is 0 Å². The van der Waals surface area contributed by atoms with Crippen molar-refractivity contribution >= 4 is 5.91 Å². The van der Waals surface area contributed by atoms with Crippen molar-refractivity contribution in [2.75, 3.05) is 7.11 Å². The Labute approximate surface area is 174 Å². The third kappa shape index (κ3) is 4.79. The molecule has 1 amide bonds.